The number of Topliss-reactive ketones (excluding diaryl/α,β-unsaturated/α-hetero) is 1. The Balaban J connectivity index is 1.94. The molecule has 1 saturated heterocycles. The number of hydrogen-bond acceptors (Lipinski definition) is 8. The van der Waals surface area contributed by atoms with Crippen LogP contribution in [0, 0.1) is 0 Å². The summed E-state index contributed by atoms with van der Waals surface area (Å²) in [5, 5.41) is 11.4. The van der Waals surface area contributed by atoms with Gasteiger partial charge in [0.05, 0.1) is 38.5 Å². The molecule has 3 aromatic carbocycles. The molecule has 1 atom stereocenters. The van der Waals surface area contributed by atoms with E-state index in [4.69, 9.17) is 14.2 Å². The molecule has 1 fully saturated rings. The molecular formula is C29H28N2O7. The van der Waals surface area contributed by atoms with Crippen molar-refractivity contribution in [3.8, 4) is 11.5 Å². The number of anilines is 2. The molecule has 1 unspecified atom stereocenters. The molecule has 0 radical (unpaired) electrons. The van der Waals surface area contributed by atoms with Gasteiger partial charge in [0.1, 0.15) is 5.76 Å². The highest BCUT2D eigenvalue weighted by Crippen LogP contribution is 2.43. The van der Waals surface area contributed by atoms with Crippen LogP contribution in [0.3, 0.4) is 0 Å². The van der Waals surface area contributed by atoms with Crippen molar-refractivity contribution in [2.45, 2.75) is 6.04 Å². The fourth-order valence-electron chi connectivity index (χ4n) is 4.41. The monoisotopic (exact) mass is 516 g/mol. The lowest BCUT2D eigenvalue weighted by Crippen LogP contribution is -2.29. The third-order valence-corrected chi connectivity index (χ3v) is 6.37. The lowest BCUT2D eigenvalue weighted by molar-refractivity contribution is -0.132. The quantitative estimate of drug-likeness (QED) is 0.216. The normalized spacial score (nSPS) is 16.3. The number of nitrogens with zero attached hydrogens (tertiary/aromatic N) is 2. The molecule has 1 N–H and O–H groups in total. The second-order valence-corrected chi connectivity index (χ2v) is 8.77. The van der Waals surface area contributed by atoms with Gasteiger partial charge >= 0.3 is 5.97 Å². The van der Waals surface area contributed by atoms with Crippen molar-refractivity contribution >= 4 is 34.8 Å². The zero-order valence-corrected chi connectivity index (χ0v) is 21.7. The molecule has 0 spiro atoms. The molecular weight excluding hydrogens is 488 g/mol. The van der Waals surface area contributed by atoms with Crippen molar-refractivity contribution in [1.29, 1.82) is 0 Å². The Kier molecular flexibility index (Phi) is 7.38. The van der Waals surface area contributed by atoms with Crippen LogP contribution < -0.4 is 19.3 Å². The van der Waals surface area contributed by atoms with Gasteiger partial charge in [-0.2, -0.15) is 0 Å². The van der Waals surface area contributed by atoms with Gasteiger partial charge in [0, 0.05) is 31.0 Å². The number of ether oxygens (including phenoxy) is 3. The van der Waals surface area contributed by atoms with Crippen LogP contribution in [0.4, 0.5) is 11.4 Å². The lowest BCUT2D eigenvalue weighted by Gasteiger charge is -2.26. The number of aliphatic hydroxyl groups is 1. The molecule has 0 aromatic heterocycles. The first-order valence-electron chi connectivity index (χ1n) is 11.7. The standard InChI is InChI=1S/C29H28N2O7/c1-30(2)20-12-9-17(10-13-20)25-24(26(32)18-11-14-22(36-3)23(16-18)37-4)27(33)28(34)31(25)21-8-6-7-19(15-21)29(35)38-5/h6-16,25,32H,1-5H3/b26-24+. The average Bonchev–Trinajstić information content (AvgIpc) is 3.21. The summed E-state index contributed by atoms with van der Waals surface area (Å²) in [5.41, 5.74) is 2.22. The molecule has 0 bridgehead atoms. The van der Waals surface area contributed by atoms with Crippen molar-refractivity contribution in [3.05, 3.63) is 89.0 Å². The lowest BCUT2D eigenvalue weighted by atomic mass is 9.94. The molecule has 1 aliphatic heterocycles. The maximum Gasteiger partial charge on any atom is 0.337 e. The Bertz CT molecular complexity index is 1430. The van der Waals surface area contributed by atoms with Crippen LogP contribution >= 0.6 is 0 Å². The minimum absolute atomic E-state index is 0.0942. The van der Waals surface area contributed by atoms with Crippen molar-refractivity contribution in [2.75, 3.05) is 45.2 Å². The van der Waals surface area contributed by atoms with Crippen molar-refractivity contribution in [3.63, 3.8) is 0 Å². The van der Waals surface area contributed by atoms with Gasteiger partial charge in [-0.3, -0.25) is 14.5 Å². The van der Waals surface area contributed by atoms with E-state index < -0.39 is 23.7 Å². The zero-order chi connectivity index (χ0) is 27.6. The van der Waals surface area contributed by atoms with Gasteiger partial charge in [0.25, 0.3) is 11.7 Å². The molecule has 9 nitrogen and oxygen atoms in total. The van der Waals surface area contributed by atoms with Crippen LogP contribution in [0.25, 0.3) is 5.76 Å². The maximum absolute atomic E-state index is 13.5. The second-order valence-electron chi connectivity index (χ2n) is 8.77. The number of methoxy groups -OCH3 is 3. The summed E-state index contributed by atoms with van der Waals surface area (Å²) in [7, 11) is 8.01. The van der Waals surface area contributed by atoms with Crippen LogP contribution in [0.15, 0.2) is 72.3 Å². The first-order valence-corrected chi connectivity index (χ1v) is 11.7. The molecule has 0 aliphatic carbocycles. The minimum Gasteiger partial charge on any atom is -0.507 e. The van der Waals surface area contributed by atoms with Crippen LogP contribution in [0.5, 0.6) is 11.5 Å². The minimum atomic E-state index is -0.966. The van der Waals surface area contributed by atoms with E-state index >= 15 is 0 Å². The summed E-state index contributed by atoms with van der Waals surface area (Å²) in [4.78, 5) is 42.3. The maximum atomic E-state index is 13.5. The van der Waals surface area contributed by atoms with E-state index in [9.17, 15) is 19.5 Å². The van der Waals surface area contributed by atoms with Crippen LogP contribution in [-0.4, -0.2) is 58.2 Å². The van der Waals surface area contributed by atoms with Gasteiger partial charge in [0.15, 0.2) is 11.5 Å². The number of aliphatic hydroxyl groups excluding tert-OH is 1. The Morgan fingerprint density at radius 3 is 2.16 bits per heavy atom. The smallest absolute Gasteiger partial charge is 0.337 e. The molecule has 1 aliphatic rings. The molecule has 38 heavy (non-hydrogen) atoms. The number of rotatable bonds is 7. The SMILES string of the molecule is COC(=O)c1cccc(N2C(=O)C(=O)/C(=C(/O)c3ccc(OC)c(OC)c3)C2c2ccc(N(C)C)cc2)c1. The highest BCUT2D eigenvalue weighted by molar-refractivity contribution is 6.51. The number of amides is 1. The molecule has 4 rings (SSSR count). The number of carbonyl (C=O) groups is 3. The van der Waals surface area contributed by atoms with Crippen LogP contribution in [0.1, 0.15) is 27.5 Å². The van der Waals surface area contributed by atoms with Crippen molar-refractivity contribution in [2.24, 2.45) is 0 Å². The van der Waals surface area contributed by atoms with Gasteiger partial charge in [-0.15, -0.1) is 0 Å². The van der Waals surface area contributed by atoms with E-state index in [1.54, 1.807) is 42.5 Å². The fraction of sp³-hybridized carbons (Fsp3) is 0.207. The Hall–Kier alpha value is -4.79. The van der Waals surface area contributed by atoms with E-state index in [-0.39, 0.29) is 22.5 Å². The molecule has 3 aromatic rings. The largest absolute Gasteiger partial charge is 0.507 e. The fourth-order valence-corrected chi connectivity index (χ4v) is 4.41. The zero-order valence-electron chi connectivity index (χ0n) is 21.7. The third-order valence-electron chi connectivity index (χ3n) is 6.37. The molecule has 196 valence electrons. The number of benzene rings is 3. The van der Waals surface area contributed by atoms with Gasteiger partial charge in [0.2, 0.25) is 0 Å². The predicted molar refractivity (Wildman–Crippen MR) is 143 cm³/mol. The summed E-state index contributed by atoms with van der Waals surface area (Å²) in [6.45, 7) is 0. The van der Waals surface area contributed by atoms with E-state index in [2.05, 4.69) is 0 Å². The average molecular weight is 517 g/mol. The van der Waals surface area contributed by atoms with Crippen molar-refractivity contribution in [1.82, 2.24) is 0 Å². The second kappa shape index (κ2) is 10.7. The van der Waals surface area contributed by atoms with Gasteiger partial charge in [-0.1, -0.05) is 18.2 Å². The topological polar surface area (TPSA) is 106 Å². The van der Waals surface area contributed by atoms with Gasteiger partial charge < -0.3 is 24.2 Å². The number of hydrogen-bond donors (Lipinski definition) is 1. The Morgan fingerprint density at radius 2 is 1.55 bits per heavy atom. The summed E-state index contributed by atoms with van der Waals surface area (Å²) in [5.74, 6) is -1.85. The molecule has 9 heteroatoms. The highest BCUT2D eigenvalue weighted by atomic mass is 16.5. The predicted octanol–water partition coefficient (Wildman–Crippen LogP) is 4.18. The molecule has 1 amide bonds. The molecule has 1 heterocycles. The first-order chi connectivity index (χ1) is 18.2. The number of esters is 1. The summed E-state index contributed by atoms with van der Waals surface area (Å²) >= 11 is 0. The van der Waals surface area contributed by atoms with Crippen molar-refractivity contribution < 1.29 is 33.7 Å². The summed E-state index contributed by atoms with van der Waals surface area (Å²) in [6, 6.07) is 17.3. The Morgan fingerprint density at radius 1 is 0.868 bits per heavy atom. The number of carbonyl (C=O) groups excluding carboxylic acids is 3. The molecule has 0 saturated carbocycles. The van der Waals surface area contributed by atoms with E-state index in [0.717, 1.165) is 5.69 Å². The number of ketones is 1. The highest BCUT2D eigenvalue weighted by Gasteiger charge is 2.47. The van der Waals surface area contributed by atoms with E-state index in [0.29, 0.717) is 22.7 Å². The summed E-state index contributed by atoms with van der Waals surface area (Å²) in [6.07, 6.45) is 0. The van der Waals surface area contributed by atoms with Gasteiger partial charge in [-0.25, -0.2) is 4.79 Å². The third kappa shape index (κ3) is 4.66. The first kappa shape index (κ1) is 26.3. The van der Waals surface area contributed by atoms with E-state index in [1.807, 2.05) is 31.1 Å². The van der Waals surface area contributed by atoms with E-state index in [1.165, 1.54) is 38.4 Å². The van der Waals surface area contributed by atoms with Crippen LogP contribution in [0.2, 0.25) is 0 Å². The Labute approximate surface area is 220 Å². The summed E-state index contributed by atoms with van der Waals surface area (Å²) < 4.78 is 15.4. The van der Waals surface area contributed by atoms with Gasteiger partial charge in [-0.05, 0) is 54.1 Å². The van der Waals surface area contributed by atoms with Crippen LogP contribution in [-0.2, 0) is 14.3 Å².